The van der Waals surface area contributed by atoms with Gasteiger partial charge in [-0.05, 0) is 43.0 Å². The van der Waals surface area contributed by atoms with Crippen LogP contribution in [0.3, 0.4) is 0 Å². The fourth-order valence-corrected chi connectivity index (χ4v) is 5.54. The number of unbranched alkanes of at least 4 members (excludes halogenated alkanes) is 1. The van der Waals surface area contributed by atoms with Gasteiger partial charge in [-0.2, -0.15) is 0 Å². The van der Waals surface area contributed by atoms with Gasteiger partial charge in [-0.25, -0.2) is 4.98 Å². The molecule has 1 saturated heterocycles. The fourth-order valence-electron chi connectivity index (χ4n) is 5.54. The van der Waals surface area contributed by atoms with Gasteiger partial charge in [0.25, 0.3) is 0 Å². The molecule has 3 heterocycles. The van der Waals surface area contributed by atoms with Crippen molar-refractivity contribution in [2.24, 2.45) is 11.7 Å². The predicted octanol–water partition coefficient (Wildman–Crippen LogP) is 2.69. The smallest absolute Gasteiger partial charge is 0.308 e. The number of nitrogens with two attached hydrogens (primary N) is 1. The van der Waals surface area contributed by atoms with E-state index in [-0.39, 0.29) is 24.4 Å². The number of hydrogen-bond donors (Lipinski definition) is 2. The van der Waals surface area contributed by atoms with Crippen LogP contribution < -0.4 is 10.5 Å². The molecule has 3 atom stereocenters. The summed E-state index contributed by atoms with van der Waals surface area (Å²) in [5, 5.41) is 10.4. The lowest BCUT2D eigenvalue weighted by molar-refractivity contribution is -0.143. The molecule has 0 radical (unpaired) electrons. The topological polar surface area (TPSA) is 122 Å². The highest BCUT2D eigenvalue weighted by Crippen LogP contribution is 2.41. The van der Waals surface area contributed by atoms with Crippen molar-refractivity contribution in [1.82, 2.24) is 14.8 Å². The monoisotopic (exact) mass is 498 g/mol. The van der Waals surface area contributed by atoms with Gasteiger partial charge in [0, 0.05) is 44.4 Å². The van der Waals surface area contributed by atoms with E-state index >= 15 is 0 Å². The molecule has 1 fully saturated rings. The Balaban J connectivity index is 1.58. The zero-order valence-electron chi connectivity index (χ0n) is 21.1. The van der Waals surface area contributed by atoms with E-state index in [0.717, 1.165) is 42.6 Å². The number of likely N-dealkylation sites (tertiary alicyclic amines) is 1. The van der Waals surface area contributed by atoms with E-state index in [1.54, 1.807) is 6.20 Å². The lowest BCUT2D eigenvalue weighted by Gasteiger charge is -2.29. The SMILES string of the molecule is CCCCN(CCCN)C(=O)CN1C[C@H](c2ccc3c(c2)CCO3)[C@@H](C(=O)O)[C@@H]1CCc1ncco1. The molecule has 4 rings (SSSR count). The third-order valence-electron chi connectivity index (χ3n) is 7.42. The van der Waals surface area contributed by atoms with Crippen molar-refractivity contribution < 1.29 is 23.8 Å². The zero-order valence-corrected chi connectivity index (χ0v) is 21.1. The molecule has 2 aromatic rings. The summed E-state index contributed by atoms with van der Waals surface area (Å²) in [6, 6.07) is 5.71. The van der Waals surface area contributed by atoms with Crippen molar-refractivity contribution >= 4 is 11.9 Å². The van der Waals surface area contributed by atoms with E-state index in [9.17, 15) is 14.7 Å². The second-order valence-corrected chi connectivity index (χ2v) is 9.77. The van der Waals surface area contributed by atoms with E-state index in [2.05, 4.69) is 22.9 Å². The van der Waals surface area contributed by atoms with Crippen LogP contribution in [-0.2, 0) is 22.4 Å². The number of benzene rings is 1. The Hall–Kier alpha value is -2.91. The average Bonchev–Trinajstić information content (AvgIpc) is 3.62. The number of aliphatic carboxylic acids is 1. The molecule has 3 N–H and O–H groups in total. The molecule has 2 aliphatic heterocycles. The number of hydrogen-bond acceptors (Lipinski definition) is 7. The minimum atomic E-state index is -0.838. The highest BCUT2D eigenvalue weighted by Gasteiger charge is 2.47. The maximum absolute atomic E-state index is 13.4. The molecule has 0 saturated carbocycles. The number of carbonyl (C=O) groups is 2. The van der Waals surface area contributed by atoms with Crippen molar-refractivity contribution in [2.75, 3.05) is 39.3 Å². The van der Waals surface area contributed by atoms with Gasteiger partial charge >= 0.3 is 5.97 Å². The largest absolute Gasteiger partial charge is 0.493 e. The minimum Gasteiger partial charge on any atom is -0.493 e. The summed E-state index contributed by atoms with van der Waals surface area (Å²) in [7, 11) is 0. The Labute approximate surface area is 212 Å². The van der Waals surface area contributed by atoms with Crippen LogP contribution in [0.4, 0.5) is 0 Å². The highest BCUT2D eigenvalue weighted by atomic mass is 16.5. The summed E-state index contributed by atoms with van der Waals surface area (Å²) < 4.78 is 11.1. The van der Waals surface area contributed by atoms with Crippen molar-refractivity contribution in [1.29, 1.82) is 0 Å². The zero-order chi connectivity index (χ0) is 25.5. The number of rotatable bonds is 13. The molecular weight excluding hydrogens is 460 g/mol. The summed E-state index contributed by atoms with van der Waals surface area (Å²) in [5.74, 6) is -0.205. The summed E-state index contributed by atoms with van der Waals surface area (Å²) in [6.45, 7) is 5.32. The second-order valence-electron chi connectivity index (χ2n) is 9.77. The van der Waals surface area contributed by atoms with Gasteiger partial charge in [0.1, 0.15) is 12.0 Å². The van der Waals surface area contributed by atoms with Gasteiger partial charge < -0.3 is 24.9 Å². The predicted molar refractivity (Wildman–Crippen MR) is 135 cm³/mol. The molecule has 9 heteroatoms. The van der Waals surface area contributed by atoms with Crippen molar-refractivity contribution in [3.63, 3.8) is 0 Å². The van der Waals surface area contributed by atoms with Crippen LogP contribution in [0.15, 0.2) is 35.1 Å². The van der Waals surface area contributed by atoms with Crippen LogP contribution in [-0.4, -0.2) is 77.1 Å². The molecule has 0 spiro atoms. The summed E-state index contributed by atoms with van der Waals surface area (Å²) >= 11 is 0. The van der Waals surface area contributed by atoms with Gasteiger partial charge in [-0.1, -0.05) is 25.5 Å². The molecular formula is C27H38N4O5. The quantitative estimate of drug-likeness (QED) is 0.432. The Morgan fingerprint density at radius 2 is 2.11 bits per heavy atom. The number of carboxylic acids is 1. The molecule has 0 aliphatic carbocycles. The first-order chi connectivity index (χ1) is 17.5. The van der Waals surface area contributed by atoms with Crippen LogP contribution in [0.25, 0.3) is 0 Å². The summed E-state index contributed by atoms with van der Waals surface area (Å²) in [4.78, 5) is 34.2. The van der Waals surface area contributed by atoms with Crippen LogP contribution in [0.5, 0.6) is 5.75 Å². The second kappa shape index (κ2) is 12.4. The number of ether oxygens (including phenoxy) is 1. The Kier molecular flexibility index (Phi) is 8.98. The van der Waals surface area contributed by atoms with Crippen molar-refractivity contribution in [2.45, 2.75) is 57.4 Å². The van der Waals surface area contributed by atoms with Gasteiger partial charge in [0.15, 0.2) is 5.89 Å². The Bertz CT molecular complexity index is 1000. The van der Waals surface area contributed by atoms with E-state index in [4.69, 9.17) is 14.9 Å². The van der Waals surface area contributed by atoms with Gasteiger partial charge in [0.05, 0.1) is 25.3 Å². The third kappa shape index (κ3) is 6.07. The van der Waals surface area contributed by atoms with Crippen molar-refractivity contribution in [3.05, 3.63) is 47.7 Å². The van der Waals surface area contributed by atoms with E-state index in [0.29, 0.717) is 51.5 Å². The standard InChI is InChI=1S/C27H38N4O5/c1-2-3-12-30(13-4-10-28)25(32)18-31-17-21(19-5-7-23-20(16-19)9-14-35-23)26(27(33)34)22(31)6-8-24-29-11-15-36-24/h5,7,11,15-16,21-22,26H,2-4,6,8-10,12-14,17-18,28H2,1H3,(H,33,34)/t21-,22+,26-/m1/s1. The molecule has 196 valence electrons. The number of aryl methyl sites for hydroxylation is 1. The molecule has 9 nitrogen and oxygen atoms in total. The van der Waals surface area contributed by atoms with Crippen LogP contribution in [0.2, 0.25) is 0 Å². The number of amides is 1. The number of carboxylic acid groups (broad SMARTS) is 1. The number of oxazole rings is 1. The maximum atomic E-state index is 13.4. The molecule has 0 bridgehead atoms. The van der Waals surface area contributed by atoms with Crippen LogP contribution >= 0.6 is 0 Å². The molecule has 0 unspecified atom stereocenters. The molecule has 1 aromatic heterocycles. The molecule has 1 amide bonds. The van der Waals surface area contributed by atoms with Gasteiger partial charge in [-0.3, -0.25) is 14.5 Å². The van der Waals surface area contributed by atoms with Crippen LogP contribution in [0.1, 0.15) is 55.5 Å². The van der Waals surface area contributed by atoms with Crippen molar-refractivity contribution in [3.8, 4) is 5.75 Å². The van der Waals surface area contributed by atoms with E-state index < -0.39 is 11.9 Å². The number of aromatic nitrogens is 1. The van der Waals surface area contributed by atoms with Crippen LogP contribution in [0, 0.1) is 5.92 Å². The minimum absolute atomic E-state index is 0.0326. The third-order valence-corrected chi connectivity index (χ3v) is 7.42. The van der Waals surface area contributed by atoms with Gasteiger partial charge in [0.2, 0.25) is 5.91 Å². The first-order valence-electron chi connectivity index (χ1n) is 13.1. The highest BCUT2D eigenvalue weighted by molar-refractivity contribution is 5.79. The number of fused-ring (bicyclic) bond motifs is 1. The lowest BCUT2D eigenvalue weighted by atomic mass is 9.83. The number of carbonyl (C=O) groups excluding carboxylic acids is 1. The Morgan fingerprint density at radius 3 is 2.83 bits per heavy atom. The van der Waals surface area contributed by atoms with E-state index in [1.807, 2.05) is 17.0 Å². The fraction of sp³-hybridized carbons (Fsp3) is 0.593. The normalized spacial score (nSPS) is 21.3. The molecule has 2 aliphatic rings. The number of nitrogens with zero attached hydrogens (tertiary/aromatic N) is 3. The Morgan fingerprint density at radius 1 is 1.28 bits per heavy atom. The first-order valence-corrected chi connectivity index (χ1v) is 13.1. The lowest BCUT2D eigenvalue weighted by Crippen LogP contribution is -2.45. The summed E-state index contributed by atoms with van der Waals surface area (Å²) in [5.41, 5.74) is 7.83. The molecule has 1 aromatic carbocycles. The van der Waals surface area contributed by atoms with E-state index in [1.165, 1.54) is 6.26 Å². The first kappa shape index (κ1) is 26.2. The summed E-state index contributed by atoms with van der Waals surface area (Å²) in [6.07, 6.45) is 7.70. The average molecular weight is 499 g/mol. The maximum Gasteiger partial charge on any atom is 0.308 e. The van der Waals surface area contributed by atoms with Gasteiger partial charge in [-0.15, -0.1) is 0 Å². The molecule has 36 heavy (non-hydrogen) atoms.